The monoisotopic (exact) mass is 437 g/mol. The normalized spacial score (nSPS) is 11.4. The molecule has 0 aliphatic carbocycles. The van der Waals surface area contributed by atoms with Gasteiger partial charge in [0.1, 0.15) is 11.6 Å². The molecule has 8 nitrogen and oxygen atoms in total. The molecule has 4 N–H and O–H groups in total. The number of hydrogen-bond donors (Lipinski definition) is 4. The molecule has 168 valence electrons. The minimum Gasteiger partial charge on any atom is -0.444 e. The van der Waals surface area contributed by atoms with E-state index in [0.717, 1.165) is 5.56 Å². The molecule has 32 heavy (non-hydrogen) atoms. The zero-order valence-corrected chi connectivity index (χ0v) is 18.5. The van der Waals surface area contributed by atoms with E-state index in [1.807, 2.05) is 0 Å². The van der Waals surface area contributed by atoms with Crippen LogP contribution >= 0.6 is 0 Å². The van der Waals surface area contributed by atoms with E-state index in [0.29, 0.717) is 23.2 Å². The van der Waals surface area contributed by atoms with Gasteiger partial charge in [-0.2, -0.15) is 0 Å². The lowest BCUT2D eigenvalue weighted by atomic mass is 10.1. The Kier molecular flexibility index (Phi) is 8.38. The Labute approximate surface area is 187 Å². The molecule has 0 unspecified atom stereocenters. The Morgan fingerprint density at radius 1 is 0.969 bits per heavy atom. The lowest BCUT2D eigenvalue weighted by Crippen LogP contribution is -2.45. The van der Waals surface area contributed by atoms with E-state index in [-0.39, 0.29) is 0 Å². The van der Waals surface area contributed by atoms with Crippen LogP contribution in [0.3, 0.4) is 0 Å². The summed E-state index contributed by atoms with van der Waals surface area (Å²) < 4.78 is 5.21. The maximum Gasteiger partial charge on any atom is 0.412 e. The van der Waals surface area contributed by atoms with Gasteiger partial charge in [0.2, 0.25) is 0 Å². The van der Waals surface area contributed by atoms with Crippen molar-refractivity contribution in [1.29, 1.82) is 0 Å². The van der Waals surface area contributed by atoms with Gasteiger partial charge in [-0.25, -0.2) is 10.3 Å². The fraction of sp³-hybridized carbons (Fsp3) is 0.292. The predicted molar refractivity (Wildman–Crippen MR) is 120 cm³/mol. The fourth-order valence-corrected chi connectivity index (χ4v) is 2.58. The Balaban J connectivity index is 1.98. The van der Waals surface area contributed by atoms with Crippen LogP contribution in [0.1, 0.15) is 55.6 Å². The highest BCUT2D eigenvalue weighted by Crippen LogP contribution is 2.13. The van der Waals surface area contributed by atoms with Crippen LogP contribution in [0.25, 0.3) is 0 Å². The number of ether oxygens (including phenoxy) is 1. The van der Waals surface area contributed by atoms with E-state index in [9.17, 15) is 14.4 Å². The first-order valence-corrected chi connectivity index (χ1v) is 10.1. The topological polar surface area (TPSA) is 117 Å². The molecular weight excluding hydrogens is 410 g/mol. The highest BCUT2D eigenvalue weighted by atomic mass is 16.6. The van der Waals surface area contributed by atoms with Crippen LogP contribution < -0.4 is 16.1 Å². The zero-order valence-electron chi connectivity index (χ0n) is 18.5. The van der Waals surface area contributed by atoms with Gasteiger partial charge in [-0.1, -0.05) is 18.8 Å². The van der Waals surface area contributed by atoms with Crippen molar-refractivity contribution in [3.63, 3.8) is 0 Å². The number of benzene rings is 2. The minimum absolute atomic E-state index is 0.341. The van der Waals surface area contributed by atoms with Crippen LogP contribution in [0.4, 0.5) is 10.5 Å². The highest BCUT2D eigenvalue weighted by molar-refractivity contribution is 5.97. The molecule has 0 radical (unpaired) electrons. The largest absolute Gasteiger partial charge is 0.444 e. The summed E-state index contributed by atoms with van der Waals surface area (Å²) in [5, 5.41) is 13.9. The second kappa shape index (κ2) is 11.0. The molecule has 0 aliphatic rings. The van der Waals surface area contributed by atoms with Crippen LogP contribution in [0.2, 0.25) is 0 Å². The molecule has 0 aliphatic heterocycles. The van der Waals surface area contributed by atoms with Crippen molar-refractivity contribution in [3.05, 3.63) is 65.2 Å². The van der Waals surface area contributed by atoms with E-state index in [1.165, 1.54) is 5.48 Å². The summed E-state index contributed by atoms with van der Waals surface area (Å²) in [7, 11) is 0. The summed E-state index contributed by atoms with van der Waals surface area (Å²) in [5.41, 5.74) is 3.39. The first kappa shape index (κ1) is 24.4. The Hall–Kier alpha value is -3.83. The highest BCUT2D eigenvalue weighted by Gasteiger charge is 2.19. The standard InChI is InChI=1S/C24H27N3O5/c1-5-20(22(29)27-31)26-21(28)18-12-8-16(9-13-18)6-7-17-10-14-19(15-11-17)25-23(30)32-24(2,3)4/h8-15,20,31H,5H2,1-4H3,(H,25,30)(H,26,28)(H,27,29)/t20-/m1/s1. The average Bonchev–Trinajstić information content (AvgIpc) is 2.75. The Bertz CT molecular complexity index is 1010. The van der Waals surface area contributed by atoms with Crippen LogP contribution in [-0.4, -0.2) is 34.8 Å². The molecule has 0 aromatic heterocycles. The molecule has 3 amide bonds. The van der Waals surface area contributed by atoms with Gasteiger partial charge in [0.15, 0.2) is 0 Å². The number of amides is 3. The molecule has 0 spiro atoms. The smallest absolute Gasteiger partial charge is 0.412 e. The van der Waals surface area contributed by atoms with E-state index in [1.54, 1.807) is 76.2 Å². The molecule has 0 fully saturated rings. The van der Waals surface area contributed by atoms with Gasteiger partial charge in [0.05, 0.1) is 0 Å². The van der Waals surface area contributed by atoms with Crippen LogP contribution in [-0.2, 0) is 9.53 Å². The molecule has 0 bridgehead atoms. The van der Waals surface area contributed by atoms with Gasteiger partial charge in [0, 0.05) is 22.4 Å². The minimum atomic E-state index is -0.820. The molecular formula is C24H27N3O5. The SMILES string of the molecule is CC[C@@H](NC(=O)c1ccc(C#Cc2ccc(NC(=O)OC(C)(C)C)cc2)cc1)C(=O)NO. The van der Waals surface area contributed by atoms with Crippen molar-refractivity contribution in [2.24, 2.45) is 0 Å². The van der Waals surface area contributed by atoms with Gasteiger partial charge in [-0.3, -0.25) is 20.1 Å². The number of rotatable bonds is 5. The molecule has 1 atom stereocenters. The van der Waals surface area contributed by atoms with Crippen molar-refractivity contribution in [3.8, 4) is 11.8 Å². The van der Waals surface area contributed by atoms with Crippen LogP contribution in [0.5, 0.6) is 0 Å². The third-order valence-electron chi connectivity index (χ3n) is 4.17. The molecule has 2 aromatic carbocycles. The van der Waals surface area contributed by atoms with Crippen molar-refractivity contribution in [2.45, 2.75) is 45.8 Å². The number of hydroxylamine groups is 1. The van der Waals surface area contributed by atoms with Gasteiger partial charge < -0.3 is 10.1 Å². The summed E-state index contributed by atoms with van der Waals surface area (Å²) in [6, 6.07) is 12.8. The second-order valence-corrected chi connectivity index (χ2v) is 7.94. The quantitative estimate of drug-likeness (QED) is 0.325. The average molecular weight is 437 g/mol. The maximum atomic E-state index is 12.3. The molecule has 2 rings (SSSR count). The van der Waals surface area contributed by atoms with Crippen LogP contribution in [0, 0.1) is 11.8 Å². The first-order chi connectivity index (χ1) is 15.1. The number of anilines is 1. The number of nitrogens with one attached hydrogen (secondary N) is 3. The number of hydrogen-bond acceptors (Lipinski definition) is 5. The Morgan fingerprint density at radius 2 is 1.50 bits per heavy atom. The summed E-state index contributed by atoms with van der Waals surface area (Å²) in [5.74, 6) is 4.93. The lowest BCUT2D eigenvalue weighted by Gasteiger charge is -2.19. The Morgan fingerprint density at radius 3 is 1.97 bits per heavy atom. The van der Waals surface area contributed by atoms with E-state index in [4.69, 9.17) is 9.94 Å². The van der Waals surface area contributed by atoms with Crippen molar-refractivity contribution >= 4 is 23.6 Å². The maximum absolute atomic E-state index is 12.3. The summed E-state index contributed by atoms with van der Waals surface area (Å²) in [4.78, 5) is 35.6. The van der Waals surface area contributed by atoms with Gasteiger partial charge >= 0.3 is 6.09 Å². The zero-order chi connectivity index (χ0) is 23.7. The number of carbonyl (C=O) groups excluding carboxylic acids is 3. The van der Waals surface area contributed by atoms with E-state index in [2.05, 4.69) is 22.5 Å². The van der Waals surface area contributed by atoms with Crippen molar-refractivity contribution in [1.82, 2.24) is 10.8 Å². The molecule has 0 saturated carbocycles. The van der Waals surface area contributed by atoms with Crippen LogP contribution in [0.15, 0.2) is 48.5 Å². The van der Waals surface area contributed by atoms with Gasteiger partial charge in [0.25, 0.3) is 11.8 Å². The number of carbonyl (C=O) groups is 3. The van der Waals surface area contributed by atoms with E-state index < -0.39 is 29.6 Å². The van der Waals surface area contributed by atoms with Crippen molar-refractivity contribution in [2.75, 3.05) is 5.32 Å². The van der Waals surface area contributed by atoms with Gasteiger partial charge in [-0.05, 0) is 75.7 Å². The predicted octanol–water partition coefficient (Wildman–Crippen LogP) is 3.45. The first-order valence-electron chi connectivity index (χ1n) is 10.1. The summed E-state index contributed by atoms with van der Waals surface area (Å²) in [6.45, 7) is 7.10. The summed E-state index contributed by atoms with van der Waals surface area (Å²) in [6.07, 6.45) is -0.184. The lowest BCUT2D eigenvalue weighted by molar-refractivity contribution is -0.131. The van der Waals surface area contributed by atoms with Gasteiger partial charge in [-0.15, -0.1) is 0 Å². The van der Waals surface area contributed by atoms with Crippen molar-refractivity contribution < 1.29 is 24.3 Å². The molecule has 2 aromatic rings. The third-order valence-corrected chi connectivity index (χ3v) is 4.17. The molecule has 8 heteroatoms. The molecule has 0 saturated heterocycles. The second-order valence-electron chi connectivity index (χ2n) is 7.94. The molecule has 0 heterocycles. The van der Waals surface area contributed by atoms with E-state index >= 15 is 0 Å². The summed E-state index contributed by atoms with van der Waals surface area (Å²) >= 11 is 0. The fourth-order valence-electron chi connectivity index (χ4n) is 2.58. The third kappa shape index (κ3) is 7.78.